The molecule has 0 fully saturated rings. The minimum atomic E-state index is -9.49. The van der Waals surface area contributed by atoms with Crippen LogP contribution in [0, 0.1) is 0 Å². The number of alkyl halides is 1. The van der Waals surface area contributed by atoms with Gasteiger partial charge in [-0.05, 0) is 12.8 Å². The molecule has 0 heterocycles. The first-order chi connectivity index (χ1) is 7.58. The molecule has 0 aromatic rings. The first-order valence-corrected chi connectivity index (χ1v) is 9.02. The molecule has 0 aliphatic heterocycles. The lowest BCUT2D eigenvalue weighted by Gasteiger charge is -2.41. The number of unbranched alkanes of at least 4 members (excludes halogenated alkanes) is 2. The zero-order chi connectivity index (χ0) is 14.7. The van der Waals surface area contributed by atoms with Crippen LogP contribution >= 0.6 is 21.8 Å². The van der Waals surface area contributed by atoms with E-state index < -0.39 is 37.2 Å². The third-order valence-electron chi connectivity index (χ3n) is 1.91. The van der Waals surface area contributed by atoms with E-state index in [4.69, 9.17) is 11.6 Å². The molecular weight excluding hydrogens is 327 g/mol. The topological polar surface area (TPSA) is 57.2 Å². The van der Waals surface area contributed by atoms with Gasteiger partial charge in [0.15, 0.2) is 0 Å². The van der Waals surface area contributed by atoms with Crippen LogP contribution in [0.5, 0.6) is 0 Å². The van der Waals surface area contributed by atoms with Crippen LogP contribution in [-0.2, 0) is 10.1 Å². The highest BCUT2D eigenvalue weighted by Crippen LogP contribution is 2.98. The van der Waals surface area contributed by atoms with Crippen molar-refractivity contribution in [3.05, 3.63) is 0 Å². The van der Waals surface area contributed by atoms with Crippen molar-refractivity contribution >= 4 is 31.9 Å². The van der Waals surface area contributed by atoms with Gasteiger partial charge >= 0.3 is 0 Å². The molecule has 3 nitrogen and oxygen atoms in total. The Hall–Kier alpha value is 0.200. The molecular formula is C7H13ClF5O3S2-. The standard InChI is InChI=1S/C7H14ClF5O3S2/c8-7(6-18(9,10,11,12)13)4-2-1-3-5-17(14,15)16/h7H,1-6H2,(H,14,15,16)/p-1. The van der Waals surface area contributed by atoms with Crippen molar-refractivity contribution < 1.29 is 32.4 Å². The van der Waals surface area contributed by atoms with Crippen molar-refractivity contribution in [1.82, 2.24) is 0 Å². The summed E-state index contributed by atoms with van der Waals surface area (Å²) in [6.07, 6.45) is -0.138. The van der Waals surface area contributed by atoms with Crippen LogP contribution in [-0.4, -0.2) is 29.9 Å². The van der Waals surface area contributed by atoms with Crippen LogP contribution in [0.4, 0.5) is 19.4 Å². The maximum absolute atomic E-state index is 12.0. The predicted molar refractivity (Wildman–Crippen MR) is 60.7 cm³/mol. The molecule has 0 saturated heterocycles. The fourth-order valence-electron chi connectivity index (χ4n) is 1.25. The van der Waals surface area contributed by atoms with Crippen molar-refractivity contribution in [1.29, 1.82) is 0 Å². The van der Waals surface area contributed by atoms with Crippen LogP contribution in [0.15, 0.2) is 0 Å². The fraction of sp³-hybridized carbons (Fsp3) is 1.00. The zero-order valence-corrected chi connectivity index (χ0v) is 11.5. The molecule has 114 valence electrons. The average Bonchev–Trinajstić information content (AvgIpc) is 1.94. The molecule has 1 unspecified atom stereocenters. The maximum Gasteiger partial charge on any atom is 0.287 e. The average molecular weight is 340 g/mol. The van der Waals surface area contributed by atoms with Gasteiger partial charge < -0.3 is 4.55 Å². The van der Waals surface area contributed by atoms with Crippen LogP contribution < -0.4 is 0 Å². The summed E-state index contributed by atoms with van der Waals surface area (Å²) in [4.78, 5) is 0. The van der Waals surface area contributed by atoms with Crippen LogP contribution in [0.3, 0.4) is 0 Å². The first kappa shape index (κ1) is 18.2. The van der Waals surface area contributed by atoms with E-state index in [1.807, 2.05) is 0 Å². The minimum absolute atomic E-state index is 0.0220. The number of hydrogen-bond donors (Lipinski definition) is 0. The molecule has 18 heavy (non-hydrogen) atoms. The highest BCUT2D eigenvalue weighted by atomic mass is 35.5. The molecule has 0 N–H and O–H groups in total. The summed E-state index contributed by atoms with van der Waals surface area (Å²) in [5.74, 6) is -2.96. The Morgan fingerprint density at radius 2 is 1.56 bits per heavy atom. The molecule has 0 spiro atoms. The van der Waals surface area contributed by atoms with Gasteiger partial charge in [0.1, 0.15) is 5.75 Å². The molecule has 1 atom stereocenters. The van der Waals surface area contributed by atoms with E-state index in [2.05, 4.69) is 0 Å². The highest BCUT2D eigenvalue weighted by molar-refractivity contribution is 8.45. The second-order valence-electron chi connectivity index (χ2n) is 4.00. The Bertz CT molecular complexity index is 378. The van der Waals surface area contributed by atoms with E-state index in [0.29, 0.717) is 0 Å². The summed E-state index contributed by atoms with van der Waals surface area (Å²) in [7, 11) is -13.8. The second kappa shape index (κ2) is 4.95. The third-order valence-corrected chi connectivity index (χ3v) is 4.28. The molecule has 0 rings (SSSR count). The van der Waals surface area contributed by atoms with Gasteiger partial charge in [-0.3, -0.25) is 0 Å². The summed E-state index contributed by atoms with van der Waals surface area (Å²) in [5, 5.41) is -1.74. The summed E-state index contributed by atoms with van der Waals surface area (Å²) >= 11 is 5.16. The lowest BCUT2D eigenvalue weighted by Crippen LogP contribution is -2.20. The van der Waals surface area contributed by atoms with Gasteiger partial charge in [-0.2, -0.15) is 0 Å². The molecule has 0 aliphatic rings. The molecule has 0 saturated carbocycles. The van der Waals surface area contributed by atoms with Crippen molar-refractivity contribution in [3.8, 4) is 0 Å². The quantitative estimate of drug-likeness (QED) is 0.291. The van der Waals surface area contributed by atoms with E-state index in [1.54, 1.807) is 0 Å². The Labute approximate surface area is 107 Å². The summed E-state index contributed by atoms with van der Waals surface area (Å²) in [6, 6.07) is 0. The lowest BCUT2D eigenvalue weighted by atomic mass is 10.2. The molecule has 11 heteroatoms. The van der Waals surface area contributed by atoms with Crippen LogP contribution in [0.25, 0.3) is 0 Å². The van der Waals surface area contributed by atoms with E-state index in [1.165, 1.54) is 0 Å². The van der Waals surface area contributed by atoms with Gasteiger partial charge in [-0.1, -0.05) is 32.3 Å². The predicted octanol–water partition coefficient (Wildman–Crippen LogP) is 4.00. The lowest BCUT2D eigenvalue weighted by molar-refractivity contribution is 0.361. The van der Waals surface area contributed by atoms with Crippen molar-refractivity contribution in [2.24, 2.45) is 0 Å². The molecule has 0 amide bonds. The third kappa shape index (κ3) is 14.3. The van der Waals surface area contributed by atoms with Gasteiger partial charge in [-0.25, -0.2) is 8.42 Å². The van der Waals surface area contributed by atoms with Crippen molar-refractivity contribution in [3.63, 3.8) is 0 Å². The summed E-state index contributed by atoms with van der Waals surface area (Å²) < 4.78 is 90.5. The normalized spacial score (nSPS) is 19.1. The summed E-state index contributed by atoms with van der Waals surface area (Å²) in [6.45, 7) is 0. The zero-order valence-electron chi connectivity index (χ0n) is 9.13. The molecule has 0 radical (unpaired) electrons. The molecule has 0 aromatic heterocycles. The van der Waals surface area contributed by atoms with Crippen LogP contribution in [0.2, 0.25) is 0 Å². The summed E-state index contributed by atoms with van der Waals surface area (Å²) in [5.41, 5.74) is 0. The van der Waals surface area contributed by atoms with E-state index in [0.717, 1.165) is 0 Å². The van der Waals surface area contributed by atoms with Crippen LogP contribution in [0.1, 0.15) is 25.7 Å². The Morgan fingerprint density at radius 1 is 1.06 bits per heavy atom. The highest BCUT2D eigenvalue weighted by Gasteiger charge is 2.63. The Balaban J connectivity index is 3.91. The monoisotopic (exact) mass is 339 g/mol. The number of halogens is 6. The molecule has 0 aromatic carbocycles. The van der Waals surface area contributed by atoms with Gasteiger partial charge in [0.25, 0.3) is 10.2 Å². The first-order valence-electron chi connectivity index (χ1n) is 4.88. The largest absolute Gasteiger partial charge is 0.748 e. The minimum Gasteiger partial charge on any atom is -0.748 e. The Morgan fingerprint density at radius 3 is 1.94 bits per heavy atom. The Kier molecular flexibility index (Phi) is 5.00. The van der Waals surface area contributed by atoms with Gasteiger partial charge in [-0.15, -0.1) is 11.6 Å². The van der Waals surface area contributed by atoms with Gasteiger partial charge in [0.2, 0.25) is 0 Å². The van der Waals surface area contributed by atoms with Gasteiger partial charge in [0.05, 0.1) is 15.5 Å². The smallest absolute Gasteiger partial charge is 0.287 e. The second-order valence-corrected chi connectivity index (χ2v) is 8.74. The van der Waals surface area contributed by atoms with E-state index >= 15 is 0 Å². The number of hydrogen-bond acceptors (Lipinski definition) is 3. The van der Waals surface area contributed by atoms with E-state index in [-0.39, 0.29) is 25.7 Å². The van der Waals surface area contributed by atoms with E-state index in [9.17, 15) is 32.4 Å². The van der Waals surface area contributed by atoms with Crippen molar-refractivity contribution in [2.75, 3.05) is 11.5 Å². The molecule has 0 aliphatic carbocycles. The molecule has 0 bridgehead atoms. The number of rotatable bonds is 8. The van der Waals surface area contributed by atoms with Gasteiger partial charge in [0, 0.05) is 5.75 Å². The van der Waals surface area contributed by atoms with Crippen molar-refractivity contribution in [2.45, 2.75) is 31.1 Å². The SMILES string of the molecule is O=S(=O)([O-])CCCCCC(Cl)CS(F)(F)(F)(F)F. The maximum atomic E-state index is 12.0. The fourth-order valence-corrected chi connectivity index (χ4v) is 3.52.